The van der Waals surface area contributed by atoms with Gasteiger partial charge in [0, 0.05) is 30.5 Å². The van der Waals surface area contributed by atoms with Crippen LogP contribution in [0.15, 0.2) is 30.9 Å². The minimum atomic E-state index is -0.389. The number of hydrogen-bond donors (Lipinski definition) is 1. The number of aromatic amines is 1. The number of halogens is 1. The van der Waals surface area contributed by atoms with Crippen molar-refractivity contribution in [2.24, 2.45) is 5.92 Å². The highest BCUT2D eigenvalue weighted by Crippen LogP contribution is 2.35. The SMILES string of the molecule is CC(C)COC(=O)N1C2CCC1CN(c1ncnc3[nH]c(-c4cncc(F)c4)cc13)C2. The molecule has 2 aliphatic heterocycles. The van der Waals surface area contributed by atoms with E-state index < -0.39 is 0 Å². The molecule has 31 heavy (non-hydrogen) atoms. The Morgan fingerprint density at radius 1 is 1.23 bits per heavy atom. The zero-order valence-corrected chi connectivity index (χ0v) is 17.6. The zero-order valence-electron chi connectivity index (χ0n) is 17.6. The number of carbonyl (C=O) groups excluding carboxylic acids is 1. The Kier molecular flexibility index (Phi) is 4.95. The molecule has 2 atom stereocenters. The van der Waals surface area contributed by atoms with Gasteiger partial charge in [0.05, 0.1) is 30.3 Å². The van der Waals surface area contributed by atoms with E-state index in [9.17, 15) is 9.18 Å². The van der Waals surface area contributed by atoms with Gasteiger partial charge in [-0.25, -0.2) is 19.2 Å². The second kappa shape index (κ2) is 7.79. The van der Waals surface area contributed by atoms with Crippen LogP contribution in [0.2, 0.25) is 0 Å². The highest BCUT2D eigenvalue weighted by Gasteiger charge is 2.44. The Balaban J connectivity index is 1.40. The van der Waals surface area contributed by atoms with Crippen LogP contribution in [0.5, 0.6) is 0 Å². The second-order valence-corrected chi connectivity index (χ2v) is 8.70. The van der Waals surface area contributed by atoms with Crippen LogP contribution in [-0.2, 0) is 4.74 Å². The van der Waals surface area contributed by atoms with Crippen molar-refractivity contribution in [3.05, 3.63) is 36.7 Å². The van der Waals surface area contributed by atoms with Gasteiger partial charge in [-0.15, -0.1) is 0 Å². The maximum Gasteiger partial charge on any atom is 0.410 e. The maximum absolute atomic E-state index is 13.6. The molecule has 3 aromatic heterocycles. The number of ether oxygens (including phenoxy) is 1. The Hall–Kier alpha value is -3.23. The van der Waals surface area contributed by atoms with Crippen molar-refractivity contribution < 1.29 is 13.9 Å². The van der Waals surface area contributed by atoms with Crippen LogP contribution in [0.3, 0.4) is 0 Å². The van der Waals surface area contributed by atoms with Crippen LogP contribution in [0.25, 0.3) is 22.3 Å². The van der Waals surface area contributed by atoms with Gasteiger partial charge < -0.3 is 14.6 Å². The van der Waals surface area contributed by atoms with E-state index >= 15 is 0 Å². The van der Waals surface area contributed by atoms with Crippen LogP contribution in [0, 0.1) is 11.7 Å². The summed E-state index contributed by atoms with van der Waals surface area (Å²) in [5, 5.41) is 0.872. The van der Waals surface area contributed by atoms with Crippen molar-refractivity contribution in [1.29, 1.82) is 0 Å². The number of nitrogens with one attached hydrogen (secondary N) is 1. The number of H-pyrrole nitrogens is 1. The molecule has 9 heteroatoms. The molecule has 0 aliphatic carbocycles. The number of amides is 1. The molecule has 5 rings (SSSR count). The van der Waals surface area contributed by atoms with E-state index in [0.29, 0.717) is 36.8 Å². The minimum Gasteiger partial charge on any atom is -0.449 e. The molecule has 3 aromatic rings. The summed E-state index contributed by atoms with van der Waals surface area (Å²) in [5.41, 5.74) is 2.08. The smallest absolute Gasteiger partial charge is 0.410 e. The molecular formula is C22H25FN6O2. The third kappa shape index (κ3) is 3.68. The molecule has 8 nitrogen and oxygen atoms in total. The van der Waals surface area contributed by atoms with Crippen LogP contribution in [-0.4, -0.2) is 62.7 Å². The van der Waals surface area contributed by atoms with Crippen LogP contribution < -0.4 is 4.90 Å². The Bertz CT molecular complexity index is 1100. The maximum atomic E-state index is 13.6. The summed E-state index contributed by atoms with van der Waals surface area (Å²) in [5.74, 6) is 0.747. The lowest BCUT2D eigenvalue weighted by atomic mass is 10.1. The normalized spacial score (nSPS) is 20.6. The first-order valence-electron chi connectivity index (χ1n) is 10.6. The van der Waals surface area contributed by atoms with Gasteiger partial charge in [-0.2, -0.15) is 0 Å². The molecule has 5 heterocycles. The van der Waals surface area contributed by atoms with E-state index in [0.717, 1.165) is 29.7 Å². The summed E-state index contributed by atoms with van der Waals surface area (Å²) in [6.07, 6.45) is 6.03. The molecule has 0 aromatic carbocycles. The van der Waals surface area contributed by atoms with E-state index in [1.165, 1.54) is 18.6 Å². The van der Waals surface area contributed by atoms with Gasteiger partial charge in [-0.05, 0) is 30.9 Å². The predicted molar refractivity (Wildman–Crippen MR) is 114 cm³/mol. The van der Waals surface area contributed by atoms with E-state index in [2.05, 4.69) is 24.8 Å². The second-order valence-electron chi connectivity index (χ2n) is 8.70. The summed E-state index contributed by atoms with van der Waals surface area (Å²) in [6.45, 7) is 5.89. The van der Waals surface area contributed by atoms with E-state index in [-0.39, 0.29) is 24.0 Å². The molecule has 0 radical (unpaired) electrons. The first-order valence-corrected chi connectivity index (χ1v) is 10.6. The van der Waals surface area contributed by atoms with Gasteiger partial charge in [0.1, 0.15) is 23.6 Å². The van der Waals surface area contributed by atoms with Crippen LogP contribution >= 0.6 is 0 Å². The third-order valence-electron chi connectivity index (χ3n) is 5.95. The van der Waals surface area contributed by atoms with Crippen molar-refractivity contribution in [2.45, 2.75) is 38.8 Å². The number of aromatic nitrogens is 4. The van der Waals surface area contributed by atoms with Crippen molar-refractivity contribution >= 4 is 22.9 Å². The van der Waals surface area contributed by atoms with Crippen molar-refractivity contribution in [3.63, 3.8) is 0 Å². The van der Waals surface area contributed by atoms with Crippen LogP contribution in [0.1, 0.15) is 26.7 Å². The largest absolute Gasteiger partial charge is 0.449 e. The average molecular weight is 424 g/mol. The minimum absolute atomic E-state index is 0.106. The number of piperazine rings is 1. The summed E-state index contributed by atoms with van der Waals surface area (Å²) >= 11 is 0. The summed E-state index contributed by atoms with van der Waals surface area (Å²) in [7, 11) is 0. The lowest BCUT2D eigenvalue weighted by Gasteiger charge is -2.41. The van der Waals surface area contributed by atoms with Gasteiger partial charge in [-0.3, -0.25) is 9.88 Å². The number of fused-ring (bicyclic) bond motifs is 3. The molecule has 1 amide bonds. The number of carbonyl (C=O) groups is 1. The number of rotatable bonds is 4. The van der Waals surface area contributed by atoms with Crippen LogP contribution in [0.4, 0.5) is 15.0 Å². The first-order chi connectivity index (χ1) is 15.0. The molecule has 2 fully saturated rings. The monoisotopic (exact) mass is 424 g/mol. The quantitative estimate of drug-likeness (QED) is 0.689. The van der Waals surface area contributed by atoms with E-state index in [1.54, 1.807) is 6.20 Å². The summed E-state index contributed by atoms with van der Waals surface area (Å²) in [6, 6.07) is 3.59. The van der Waals surface area contributed by atoms with Crippen molar-refractivity contribution in [1.82, 2.24) is 24.8 Å². The molecule has 2 bridgehead atoms. The van der Waals surface area contributed by atoms with Crippen molar-refractivity contribution in [3.8, 4) is 11.3 Å². The number of hydrogen-bond acceptors (Lipinski definition) is 6. The molecule has 1 N–H and O–H groups in total. The summed E-state index contributed by atoms with van der Waals surface area (Å²) < 4.78 is 19.1. The van der Waals surface area contributed by atoms with Gasteiger partial charge in [0.25, 0.3) is 0 Å². The fourth-order valence-corrected chi connectivity index (χ4v) is 4.58. The van der Waals surface area contributed by atoms with Gasteiger partial charge in [-0.1, -0.05) is 13.8 Å². The topological polar surface area (TPSA) is 87.2 Å². The number of pyridine rings is 1. The third-order valence-corrected chi connectivity index (χ3v) is 5.95. The fraction of sp³-hybridized carbons (Fsp3) is 0.455. The molecular weight excluding hydrogens is 399 g/mol. The summed E-state index contributed by atoms with van der Waals surface area (Å²) in [4.78, 5) is 32.8. The van der Waals surface area contributed by atoms with Gasteiger partial charge in [0.15, 0.2) is 0 Å². The Labute approximate surface area is 179 Å². The molecule has 2 aliphatic rings. The lowest BCUT2D eigenvalue weighted by Crippen LogP contribution is -2.56. The van der Waals surface area contributed by atoms with Gasteiger partial charge in [0.2, 0.25) is 0 Å². The van der Waals surface area contributed by atoms with Crippen molar-refractivity contribution in [2.75, 3.05) is 24.6 Å². The molecule has 162 valence electrons. The fourth-order valence-electron chi connectivity index (χ4n) is 4.58. The molecule has 0 spiro atoms. The zero-order chi connectivity index (χ0) is 21.5. The van der Waals surface area contributed by atoms with E-state index in [4.69, 9.17) is 4.74 Å². The standard InChI is InChI=1S/C22H25FN6O2/c1-13(2)11-31-22(30)29-16-3-4-17(29)10-28(9-16)21-18-6-19(27-20(18)25-12-26-21)14-5-15(23)8-24-7-14/h5-8,12-13,16-17H,3-4,9-11H2,1-2H3,(H,25,26,27). The average Bonchev–Trinajstić information content (AvgIpc) is 3.30. The molecule has 2 saturated heterocycles. The predicted octanol–water partition coefficient (Wildman–Crippen LogP) is 3.60. The molecule has 0 saturated carbocycles. The Morgan fingerprint density at radius 3 is 2.71 bits per heavy atom. The highest BCUT2D eigenvalue weighted by molar-refractivity contribution is 5.92. The van der Waals surface area contributed by atoms with E-state index in [1.807, 2.05) is 24.8 Å². The molecule has 2 unspecified atom stereocenters. The Morgan fingerprint density at radius 2 is 2.00 bits per heavy atom. The lowest BCUT2D eigenvalue weighted by molar-refractivity contribution is 0.0704. The van der Waals surface area contributed by atoms with Gasteiger partial charge >= 0.3 is 6.09 Å². The number of nitrogens with zero attached hydrogens (tertiary/aromatic N) is 5. The number of anilines is 1. The highest BCUT2D eigenvalue weighted by atomic mass is 19.1. The first kappa shape index (κ1) is 19.7.